The fraction of sp³-hybridized carbons (Fsp3) is 1.00. The lowest BCUT2D eigenvalue weighted by atomic mass is 9.56. The first kappa shape index (κ1) is 11.0. The largest absolute Gasteiger partial charge is 0.315 e. The lowest BCUT2D eigenvalue weighted by molar-refractivity contribution is -0.0556. The van der Waals surface area contributed by atoms with Crippen molar-refractivity contribution in [3.63, 3.8) is 0 Å². The molecule has 2 nitrogen and oxygen atoms in total. The highest BCUT2D eigenvalue weighted by Gasteiger charge is 2.49. The predicted molar refractivity (Wildman–Crippen MR) is 67.6 cm³/mol. The van der Waals surface area contributed by atoms with Gasteiger partial charge in [-0.05, 0) is 51.1 Å². The van der Waals surface area contributed by atoms with Crippen molar-refractivity contribution in [1.82, 2.24) is 10.2 Å². The Balaban J connectivity index is 1.65. The molecule has 0 aromatic rings. The van der Waals surface area contributed by atoms with Crippen LogP contribution in [-0.4, -0.2) is 37.1 Å². The molecule has 1 spiro atoms. The minimum absolute atomic E-state index is 0.746. The summed E-state index contributed by atoms with van der Waals surface area (Å²) < 4.78 is 0. The lowest BCUT2D eigenvalue weighted by Gasteiger charge is -2.57. The molecule has 0 aromatic heterocycles. The van der Waals surface area contributed by atoms with Crippen molar-refractivity contribution < 1.29 is 0 Å². The third kappa shape index (κ3) is 1.70. The summed E-state index contributed by atoms with van der Waals surface area (Å²) in [5.74, 6) is 0. The molecule has 1 saturated heterocycles. The molecule has 3 aliphatic rings. The van der Waals surface area contributed by atoms with Crippen molar-refractivity contribution >= 4 is 0 Å². The normalized spacial score (nSPS) is 37.9. The van der Waals surface area contributed by atoms with Gasteiger partial charge in [0.2, 0.25) is 0 Å². The Hall–Kier alpha value is -0.0800. The van der Waals surface area contributed by atoms with E-state index in [0.29, 0.717) is 0 Å². The molecule has 2 heteroatoms. The molecule has 3 rings (SSSR count). The zero-order valence-electron chi connectivity index (χ0n) is 10.7. The second-order valence-electron chi connectivity index (χ2n) is 6.29. The predicted octanol–water partition coefficient (Wildman–Crippen LogP) is 2.39. The van der Waals surface area contributed by atoms with Gasteiger partial charge in [0, 0.05) is 18.6 Å². The average Bonchev–Trinajstić information content (AvgIpc) is 2.82. The Kier molecular flexibility index (Phi) is 2.97. The van der Waals surface area contributed by atoms with Crippen LogP contribution in [0.2, 0.25) is 0 Å². The molecule has 3 fully saturated rings. The molecular formula is C14H26N2. The van der Waals surface area contributed by atoms with Crippen LogP contribution in [0.4, 0.5) is 0 Å². The van der Waals surface area contributed by atoms with E-state index in [1.165, 1.54) is 64.5 Å². The molecule has 16 heavy (non-hydrogen) atoms. The molecule has 1 N–H and O–H groups in total. The van der Waals surface area contributed by atoms with Crippen LogP contribution in [0.3, 0.4) is 0 Å². The van der Waals surface area contributed by atoms with Crippen LogP contribution in [-0.2, 0) is 0 Å². The van der Waals surface area contributed by atoms with Gasteiger partial charge in [-0.3, -0.25) is 4.90 Å². The number of nitrogens with one attached hydrogen (secondary N) is 1. The molecule has 92 valence electrons. The van der Waals surface area contributed by atoms with Gasteiger partial charge in [0.1, 0.15) is 0 Å². The zero-order chi connectivity index (χ0) is 11.0. The van der Waals surface area contributed by atoms with Gasteiger partial charge in [0.25, 0.3) is 0 Å². The van der Waals surface area contributed by atoms with E-state index in [2.05, 4.69) is 17.3 Å². The van der Waals surface area contributed by atoms with Crippen LogP contribution in [0, 0.1) is 5.41 Å². The molecular weight excluding hydrogens is 196 g/mol. The van der Waals surface area contributed by atoms with E-state index in [0.717, 1.165) is 17.5 Å². The van der Waals surface area contributed by atoms with Gasteiger partial charge in [-0.15, -0.1) is 0 Å². The van der Waals surface area contributed by atoms with Crippen molar-refractivity contribution in [2.75, 3.05) is 20.1 Å². The highest BCUT2D eigenvalue weighted by Crippen LogP contribution is 2.54. The summed E-state index contributed by atoms with van der Waals surface area (Å²) in [6.07, 6.45) is 11.9. The standard InChI is InChI=1S/C14H26N2/c1-16(12-6-10-15-11-12)13-5-9-14(13)7-3-2-4-8-14/h12-13,15H,2-11H2,1H3. The Bertz CT molecular complexity index is 239. The van der Waals surface area contributed by atoms with Crippen molar-refractivity contribution in [3.05, 3.63) is 0 Å². The first-order valence-electron chi connectivity index (χ1n) is 7.24. The van der Waals surface area contributed by atoms with E-state index in [-0.39, 0.29) is 0 Å². The minimum Gasteiger partial charge on any atom is -0.315 e. The molecule has 2 atom stereocenters. The number of hydrogen-bond acceptors (Lipinski definition) is 2. The maximum Gasteiger partial charge on any atom is 0.0232 e. The summed E-state index contributed by atoms with van der Waals surface area (Å²) in [7, 11) is 2.39. The third-order valence-electron chi connectivity index (χ3n) is 5.57. The van der Waals surface area contributed by atoms with Crippen LogP contribution >= 0.6 is 0 Å². The highest BCUT2D eigenvalue weighted by atomic mass is 15.2. The van der Waals surface area contributed by atoms with Gasteiger partial charge in [0.05, 0.1) is 0 Å². The van der Waals surface area contributed by atoms with Crippen LogP contribution in [0.15, 0.2) is 0 Å². The van der Waals surface area contributed by atoms with E-state index in [1.807, 2.05) is 0 Å². The smallest absolute Gasteiger partial charge is 0.0232 e. The average molecular weight is 222 g/mol. The monoisotopic (exact) mass is 222 g/mol. The number of nitrogens with zero attached hydrogens (tertiary/aromatic N) is 1. The fourth-order valence-electron chi connectivity index (χ4n) is 4.40. The van der Waals surface area contributed by atoms with Gasteiger partial charge >= 0.3 is 0 Å². The van der Waals surface area contributed by atoms with Crippen molar-refractivity contribution in [3.8, 4) is 0 Å². The summed E-state index contributed by atoms with van der Waals surface area (Å²) in [5, 5.41) is 3.51. The quantitative estimate of drug-likeness (QED) is 0.772. The van der Waals surface area contributed by atoms with Gasteiger partial charge in [-0.25, -0.2) is 0 Å². The van der Waals surface area contributed by atoms with E-state index >= 15 is 0 Å². The molecule has 0 bridgehead atoms. The van der Waals surface area contributed by atoms with E-state index in [9.17, 15) is 0 Å². The van der Waals surface area contributed by atoms with Crippen LogP contribution < -0.4 is 5.32 Å². The SMILES string of the molecule is CN(C1CCNC1)C1CCC12CCCCC2. The maximum absolute atomic E-state index is 3.51. The zero-order valence-corrected chi connectivity index (χ0v) is 10.7. The molecule has 0 radical (unpaired) electrons. The topological polar surface area (TPSA) is 15.3 Å². The van der Waals surface area contributed by atoms with E-state index in [1.54, 1.807) is 0 Å². The minimum atomic E-state index is 0.746. The van der Waals surface area contributed by atoms with Crippen LogP contribution in [0.1, 0.15) is 51.4 Å². The van der Waals surface area contributed by atoms with Crippen molar-refractivity contribution in [2.24, 2.45) is 5.41 Å². The summed E-state index contributed by atoms with van der Waals surface area (Å²) in [6, 6.07) is 1.74. The first-order valence-corrected chi connectivity index (χ1v) is 7.24. The summed E-state index contributed by atoms with van der Waals surface area (Å²) >= 11 is 0. The molecule has 2 aliphatic carbocycles. The summed E-state index contributed by atoms with van der Waals surface area (Å²) in [5.41, 5.74) is 0.746. The fourth-order valence-corrected chi connectivity index (χ4v) is 4.40. The Morgan fingerprint density at radius 2 is 1.88 bits per heavy atom. The Morgan fingerprint density at radius 3 is 2.44 bits per heavy atom. The maximum atomic E-state index is 3.51. The van der Waals surface area contributed by atoms with Crippen LogP contribution in [0.5, 0.6) is 0 Å². The first-order chi connectivity index (χ1) is 7.82. The molecule has 0 amide bonds. The Labute approximate surface area is 99.8 Å². The highest BCUT2D eigenvalue weighted by molar-refractivity contribution is 5.03. The summed E-state index contributed by atoms with van der Waals surface area (Å²) in [4.78, 5) is 2.73. The molecule has 2 saturated carbocycles. The molecule has 1 aliphatic heterocycles. The van der Waals surface area contributed by atoms with Gasteiger partial charge in [-0.2, -0.15) is 0 Å². The van der Waals surface area contributed by atoms with Crippen LogP contribution in [0.25, 0.3) is 0 Å². The lowest BCUT2D eigenvalue weighted by Crippen LogP contribution is -2.57. The second-order valence-corrected chi connectivity index (χ2v) is 6.29. The summed E-state index contributed by atoms with van der Waals surface area (Å²) in [6.45, 7) is 2.46. The Morgan fingerprint density at radius 1 is 1.06 bits per heavy atom. The van der Waals surface area contributed by atoms with Gasteiger partial charge in [0.15, 0.2) is 0 Å². The molecule has 0 aromatic carbocycles. The van der Waals surface area contributed by atoms with Gasteiger partial charge in [-0.1, -0.05) is 19.3 Å². The van der Waals surface area contributed by atoms with E-state index < -0.39 is 0 Å². The van der Waals surface area contributed by atoms with Gasteiger partial charge < -0.3 is 5.32 Å². The molecule has 2 unspecified atom stereocenters. The number of likely N-dealkylation sites (N-methyl/N-ethyl adjacent to an activating group) is 1. The number of rotatable bonds is 2. The second kappa shape index (κ2) is 4.30. The number of hydrogen-bond donors (Lipinski definition) is 1. The third-order valence-corrected chi connectivity index (χ3v) is 5.57. The van der Waals surface area contributed by atoms with Crippen molar-refractivity contribution in [2.45, 2.75) is 63.5 Å². The molecule has 1 heterocycles. The van der Waals surface area contributed by atoms with E-state index in [4.69, 9.17) is 0 Å². The van der Waals surface area contributed by atoms with Crippen molar-refractivity contribution in [1.29, 1.82) is 0 Å².